The molecule has 0 radical (unpaired) electrons. The third-order valence-corrected chi connectivity index (χ3v) is 4.47. The highest BCUT2D eigenvalue weighted by Gasteiger charge is 2.23. The molecule has 1 atom stereocenters. The van der Waals surface area contributed by atoms with Crippen LogP contribution in [-0.2, 0) is 6.42 Å². The standard InChI is InChI=1S/C20H18N2O/c23-20(21-19-12-9-15-5-1-2-6-18(15)19)16-7-10-17(11-8-16)22-13-3-4-14-22/h1-8,10-11,13-14,19H,9,12H2,(H,21,23). The Morgan fingerprint density at radius 3 is 2.48 bits per heavy atom. The van der Waals surface area contributed by atoms with Crippen LogP contribution in [0, 0.1) is 0 Å². The molecule has 1 amide bonds. The highest BCUT2D eigenvalue weighted by molar-refractivity contribution is 5.94. The van der Waals surface area contributed by atoms with Crippen LogP contribution in [0.4, 0.5) is 0 Å². The molecule has 0 fully saturated rings. The van der Waals surface area contributed by atoms with Gasteiger partial charge in [-0.05, 0) is 60.4 Å². The zero-order valence-corrected chi connectivity index (χ0v) is 12.8. The highest BCUT2D eigenvalue weighted by Crippen LogP contribution is 2.30. The first-order valence-corrected chi connectivity index (χ1v) is 7.93. The summed E-state index contributed by atoms with van der Waals surface area (Å²) in [7, 11) is 0. The summed E-state index contributed by atoms with van der Waals surface area (Å²) in [6.07, 6.45) is 6.00. The Kier molecular flexibility index (Phi) is 3.46. The molecule has 2 aromatic carbocycles. The number of hydrogen-bond donors (Lipinski definition) is 1. The predicted molar refractivity (Wildman–Crippen MR) is 90.7 cm³/mol. The van der Waals surface area contributed by atoms with Crippen LogP contribution in [0.2, 0.25) is 0 Å². The number of amides is 1. The van der Waals surface area contributed by atoms with Crippen LogP contribution >= 0.6 is 0 Å². The molecule has 0 saturated carbocycles. The van der Waals surface area contributed by atoms with Crippen LogP contribution in [-0.4, -0.2) is 10.5 Å². The van der Waals surface area contributed by atoms with Crippen molar-refractivity contribution in [2.24, 2.45) is 0 Å². The van der Waals surface area contributed by atoms with Crippen LogP contribution in [0.15, 0.2) is 73.1 Å². The molecule has 0 aliphatic heterocycles. The Morgan fingerprint density at radius 2 is 1.70 bits per heavy atom. The summed E-state index contributed by atoms with van der Waals surface area (Å²) >= 11 is 0. The molecule has 4 rings (SSSR count). The maximum absolute atomic E-state index is 12.5. The minimum atomic E-state index is -0.00856. The fourth-order valence-electron chi connectivity index (χ4n) is 3.24. The quantitative estimate of drug-likeness (QED) is 0.782. The molecule has 1 N–H and O–H groups in total. The lowest BCUT2D eigenvalue weighted by molar-refractivity contribution is 0.0936. The number of aryl methyl sites for hydroxylation is 1. The molecule has 3 heteroatoms. The second-order valence-electron chi connectivity index (χ2n) is 5.90. The van der Waals surface area contributed by atoms with E-state index in [1.807, 2.05) is 59.4 Å². The zero-order chi connectivity index (χ0) is 15.6. The van der Waals surface area contributed by atoms with Gasteiger partial charge >= 0.3 is 0 Å². The molecule has 0 spiro atoms. The first kappa shape index (κ1) is 13.8. The van der Waals surface area contributed by atoms with Gasteiger partial charge in [0, 0.05) is 23.6 Å². The molecule has 23 heavy (non-hydrogen) atoms. The first-order valence-electron chi connectivity index (χ1n) is 7.93. The molecular weight excluding hydrogens is 284 g/mol. The van der Waals surface area contributed by atoms with Gasteiger partial charge in [-0.1, -0.05) is 24.3 Å². The summed E-state index contributed by atoms with van der Waals surface area (Å²) in [5.41, 5.74) is 4.36. The van der Waals surface area contributed by atoms with Gasteiger partial charge in [-0.3, -0.25) is 4.79 Å². The van der Waals surface area contributed by atoms with E-state index in [4.69, 9.17) is 0 Å². The van der Waals surface area contributed by atoms with Crippen molar-refractivity contribution in [3.63, 3.8) is 0 Å². The molecule has 1 aliphatic carbocycles. The zero-order valence-electron chi connectivity index (χ0n) is 12.8. The normalized spacial score (nSPS) is 16.1. The van der Waals surface area contributed by atoms with E-state index in [1.165, 1.54) is 11.1 Å². The number of nitrogens with zero attached hydrogens (tertiary/aromatic N) is 1. The first-order chi connectivity index (χ1) is 11.3. The summed E-state index contributed by atoms with van der Waals surface area (Å²) in [5, 5.41) is 3.16. The van der Waals surface area contributed by atoms with Gasteiger partial charge in [0.25, 0.3) is 5.91 Å². The largest absolute Gasteiger partial charge is 0.345 e. The lowest BCUT2D eigenvalue weighted by Gasteiger charge is -2.14. The van der Waals surface area contributed by atoms with E-state index in [0.29, 0.717) is 5.56 Å². The second-order valence-corrected chi connectivity index (χ2v) is 5.90. The van der Waals surface area contributed by atoms with Crippen LogP contribution in [0.25, 0.3) is 5.69 Å². The van der Waals surface area contributed by atoms with E-state index in [2.05, 4.69) is 23.5 Å². The van der Waals surface area contributed by atoms with Crippen LogP contribution in [0.3, 0.4) is 0 Å². The number of aromatic nitrogens is 1. The van der Waals surface area contributed by atoms with Gasteiger partial charge in [-0.25, -0.2) is 0 Å². The summed E-state index contributed by atoms with van der Waals surface area (Å²) in [6, 6.07) is 20.2. The van der Waals surface area contributed by atoms with Gasteiger partial charge in [-0.15, -0.1) is 0 Å². The number of carbonyl (C=O) groups excluding carboxylic acids is 1. The SMILES string of the molecule is O=C(NC1CCc2ccccc21)c1ccc(-n2cccc2)cc1. The van der Waals surface area contributed by atoms with E-state index in [0.717, 1.165) is 18.5 Å². The summed E-state index contributed by atoms with van der Waals surface area (Å²) < 4.78 is 2.02. The van der Waals surface area contributed by atoms with Gasteiger partial charge in [-0.2, -0.15) is 0 Å². The molecule has 1 aromatic heterocycles. The lowest BCUT2D eigenvalue weighted by atomic mass is 10.1. The van der Waals surface area contributed by atoms with Crippen LogP contribution < -0.4 is 5.32 Å². The third-order valence-electron chi connectivity index (χ3n) is 4.47. The van der Waals surface area contributed by atoms with E-state index < -0.39 is 0 Å². The molecule has 0 saturated heterocycles. The summed E-state index contributed by atoms with van der Waals surface area (Å²) in [5.74, 6) is -0.00856. The predicted octanol–water partition coefficient (Wildman–Crippen LogP) is 3.89. The molecule has 114 valence electrons. The van der Waals surface area contributed by atoms with E-state index in [9.17, 15) is 4.79 Å². The van der Waals surface area contributed by atoms with Crippen molar-refractivity contribution >= 4 is 5.91 Å². The number of rotatable bonds is 3. The van der Waals surface area contributed by atoms with Crippen molar-refractivity contribution < 1.29 is 4.79 Å². The second kappa shape index (κ2) is 5.76. The van der Waals surface area contributed by atoms with Crippen molar-refractivity contribution in [1.29, 1.82) is 0 Å². The number of benzene rings is 2. The minimum absolute atomic E-state index is 0.00856. The summed E-state index contributed by atoms with van der Waals surface area (Å²) in [4.78, 5) is 12.5. The fraction of sp³-hybridized carbons (Fsp3) is 0.150. The average Bonchev–Trinajstić information content (AvgIpc) is 3.25. The van der Waals surface area contributed by atoms with Crippen molar-refractivity contribution in [3.05, 3.63) is 89.7 Å². The average molecular weight is 302 g/mol. The van der Waals surface area contributed by atoms with Crippen LogP contribution in [0.1, 0.15) is 33.9 Å². The van der Waals surface area contributed by atoms with Gasteiger partial charge < -0.3 is 9.88 Å². The number of fused-ring (bicyclic) bond motifs is 1. The van der Waals surface area contributed by atoms with Gasteiger partial charge in [0.15, 0.2) is 0 Å². The smallest absolute Gasteiger partial charge is 0.251 e. The molecule has 1 aliphatic rings. The monoisotopic (exact) mass is 302 g/mol. The Balaban J connectivity index is 1.50. The Morgan fingerprint density at radius 1 is 0.957 bits per heavy atom. The molecule has 1 unspecified atom stereocenters. The maximum atomic E-state index is 12.5. The minimum Gasteiger partial charge on any atom is -0.345 e. The van der Waals surface area contributed by atoms with Gasteiger partial charge in [0.1, 0.15) is 0 Å². The fourth-order valence-corrected chi connectivity index (χ4v) is 3.24. The van der Waals surface area contributed by atoms with Crippen LogP contribution in [0.5, 0.6) is 0 Å². The van der Waals surface area contributed by atoms with E-state index in [1.54, 1.807) is 0 Å². The number of carbonyl (C=O) groups is 1. The van der Waals surface area contributed by atoms with Gasteiger partial charge in [0.2, 0.25) is 0 Å². The van der Waals surface area contributed by atoms with Gasteiger partial charge in [0.05, 0.1) is 6.04 Å². The molecule has 3 aromatic rings. The Bertz CT molecular complexity index is 819. The maximum Gasteiger partial charge on any atom is 0.251 e. The molecule has 3 nitrogen and oxygen atoms in total. The van der Waals surface area contributed by atoms with Crippen molar-refractivity contribution in [3.8, 4) is 5.69 Å². The molecular formula is C20H18N2O. The number of nitrogens with one attached hydrogen (secondary N) is 1. The molecule has 1 heterocycles. The third kappa shape index (κ3) is 2.66. The topological polar surface area (TPSA) is 34.0 Å². The molecule has 0 bridgehead atoms. The lowest BCUT2D eigenvalue weighted by Crippen LogP contribution is -2.27. The Hall–Kier alpha value is -2.81. The van der Waals surface area contributed by atoms with Crippen molar-refractivity contribution in [1.82, 2.24) is 9.88 Å². The number of hydrogen-bond acceptors (Lipinski definition) is 1. The van der Waals surface area contributed by atoms with Crippen molar-refractivity contribution in [2.45, 2.75) is 18.9 Å². The Labute approximate surface area is 135 Å². The van der Waals surface area contributed by atoms with E-state index in [-0.39, 0.29) is 11.9 Å². The summed E-state index contributed by atoms with van der Waals surface area (Å²) in [6.45, 7) is 0. The van der Waals surface area contributed by atoms with Crippen molar-refractivity contribution in [2.75, 3.05) is 0 Å². The van der Waals surface area contributed by atoms with E-state index >= 15 is 0 Å². The highest BCUT2D eigenvalue weighted by atomic mass is 16.1.